The van der Waals surface area contributed by atoms with E-state index in [1.807, 2.05) is 25.1 Å². The zero-order valence-electron chi connectivity index (χ0n) is 14.0. The van der Waals surface area contributed by atoms with E-state index < -0.39 is 0 Å². The van der Waals surface area contributed by atoms with Gasteiger partial charge >= 0.3 is 0 Å². The van der Waals surface area contributed by atoms with Crippen molar-refractivity contribution >= 4 is 28.8 Å². The Labute approximate surface area is 146 Å². The molecule has 0 spiro atoms. The van der Waals surface area contributed by atoms with Gasteiger partial charge in [-0.3, -0.25) is 4.79 Å². The fourth-order valence-corrected chi connectivity index (χ4v) is 3.11. The van der Waals surface area contributed by atoms with Gasteiger partial charge in [-0.15, -0.1) is 0 Å². The van der Waals surface area contributed by atoms with Gasteiger partial charge in [-0.2, -0.15) is 0 Å². The maximum absolute atomic E-state index is 12.2. The monoisotopic (exact) mass is 347 g/mol. The summed E-state index contributed by atoms with van der Waals surface area (Å²) in [5, 5.41) is 3.75. The molecule has 1 aromatic heterocycles. The molecule has 3 rings (SSSR count). The summed E-state index contributed by atoms with van der Waals surface area (Å²) >= 11 is 6.46. The number of piperazine rings is 1. The largest absolute Gasteiger partial charge is 0.368 e. The summed E-state index contributed by atoms with van der Waals surface area (Å²) in [6.07, 6.45) is 3.30. The second-order valence-corrected chi connectivity index (χ2v) is 6.36. The van der Waals surface area contributed by atoms with E-state index >= 15 is 0 Å². The van der Waals surface area contributed by atoms with E-state index in [1.165, 1.54) is 0 Å². The third kappa shape index (κ3) is 3.55. The highest BCUT2D eigenvalue weighted by Gasteiger charge is 2.17. The number of likely N-dealkylation sites (N-methyl/N-ethyl adjacent to an activating group) is 1. The third-order valence-electron chi connectivity index (χ3n) is 4.31. The van der Waals surface area contributed by atoms with Crippen LogP contribution in [0.4, 0.5) is 17.2 Å². The molecule has 2 heterocycles. The van der Waals surface area contributed by atoms with Crippen LogP contribution >= 0.6 is 11.6 Å². The first-order valence-corrected chi connectivity index (χ1v) is 8.52. The van der Waals surface area contributed by atoms with Crippen LogP contribution in [-0.2, 0) is 6.54 Å². The van der Waals surface area contributed by atoms with Crippen LogP contribution in [0.2, 0.25) is 5.02 Å². The van der Waals surface area contributed by atoms with Crippen LogP contribution in [0.3, 0.4) is 0 Å². The second kappa shape index (κ2) is 7.23. The predicted molar refractivity (Wildman–Crippen MR) is 98.6 cm³/mol. The minimum absolute atomic E-state index is 0.140. The number of halogens is 1. The van der Waals surface area contributed by atoms with Crippen LogP contribution in [0.25, 0.3) is 0 Å². The molecule has 1 aliphatic rings. The van der Waals surface area contributed by atoms with Gasteiger partial charge in [-0.1, -0.05) is 11.6 Å². The summed E-state index contributed by atoms with van der Waals surface area (Å²) in [7, 11) is 2.13. The molecule has 0 radical (unpaired) electrons. The van der Waals surface area contributed by atoms with Crippen LogP contribution < -0.4 is 15.8 Å². The lowest BCUT2D eigenvalue weighted by Crippen LogP contribution is -2.44. The summed E-state index contributed by atoms with van der Waals surface area (Å²) < 4.78 is 1.61. The fraction of sp³-hybridized carbons (Fsp3) is 0.412. The number of hydrogen-bond donors (Lipinski definition) is 1. The molecule has 1 saturated heterocycles. The first-order chi connectivity index (χ1) is 11.6. The number of nitrogens with zero attached hydrogens (tertiary/aromatic N) is 4. The Bertz CT molecular complexity index is 768. The summed E-state index contributed by atoms with van der Waals surface area (Å²) in [4.78, 5) is 20.9. The highest BCUT2D eigenvalue weighted by Crippen LogP contribution is 2.30. The van der Waals surface area contributed by atoms with E-state index in [1.54, 1.807) is 17.0 Å². The van der Waals surface area contributed by atoms with E-state index in [4.69, 9.17) is 11.6 Å². The highest BCUT2D eigenvalue weighted by atomic mass is 35.5. The minimum Gasteiger partial charge on any atom is -0.368 e. The minimum atomic E-state index is -0.140. The van der Waals surface area contributed by atoms with Gasteiger partial charge < -0.3 is 19.7 Å². The molecule has 0 amide bonds. The van der Waals surface area contributed by atoms with Crippen LogP contribution in [0.15, 0.2) is 35.4 Å². The average molecular weight is 348 g/mol. The lowest BCUT2D eigenvalue weighted by atomic mass is 10.2. The topological polar surface area (TPSA) is 53.4 Å². The Morgan fingerprint density at radius 3 is 2.67 bits per heavy atom. The first kappa shape index (κ1) is 16.8. The first-order valence-electron chi connectivity index (χ1n) is 8.14. The third-order valence-corrected chi connectivity index (χ3v) is 4.61. The molecule has 1 N–H and O–H groups in total. The van der Waals surface area contributed by atoms with Crippen LogP contribution in [0, 0.1) is 0 Å². The Kier molecular flexibility index (Phi) is 5.06. The summed E-state index contributed by atoms with van der Waals surface area (Å²) in [6, 6.07) is 5.78. The number of hydrogen-bond acceptors (Lipinski definition) is 5. The molecule has 1 aromatic carbocycles. The van der Waals surface area contributed by atoms with E-state index in [2.05, 4.69) is 27.1 Å². The summed E-state index contributed by atoms with van der Waals surface area (Å²) in [6.45, 7) is 6.52. The molecule has 0 unspecified atom stereocenters. The maximum Gasteiger partial charge on any atom is 0.293 e. The van der Waals surface area contributed by atoms with Crippen molar-refractivity contribution in [3.63, 3.8) is 0 Å². The van der Waals surface area contributed by atoms with Crippen molar-refractivity contribution in [2.45, 2.75) is 13.5 Å². The maximum atomic E-state index is 12.2. The van der Waals surface area contributed by atoms with Crippen LogP contribution in [-0.4, -0.2) is 47.7 Å². The molecule has 1 fully saturated rings. The van der Waals surface area contributed by atoms with Gasteiger partial charge in [0.25, 0.3) is 5.56 Å². The number of aryl methyl sites for hydroxylation is 1. The standard InChI is InChI=1S/C17H22ClN5O/c1-3-22-7-6-19-16(17(22)24)20-13-4-5-15(14(18)12-13)23-10-8-21(2)9-11-23/h4-7,12H,3,8-11H2,1-2H3,(H,19,20). The van der Waals surface area contributed by atoms with Crippen LogP contribution in [0.5, 0.6) is 0 Å². The molecule has 128 valence electrons. The van der Waals surface area contributed by atoms with Gasteiger partial charge in [-0.05, 0) is 32.2 Å². The van der Waals surface area contributed by atoms with Gasteiger partial charge in [-0.25, -0.2) is 4.98 Å². The van der Waals surface area contributed by atoms with Crippen molar-refractivity contribution in [2.24, 2.45) is 0 Å². The van der Waals surface area contributed by atoms with Crippen molar-refractivity contribution in [1.82, 2.24) is 14.5 Å². The lowest BCUT2D eigenvalue weighted by Gasteiger charge is -2.34. The Hall–Kier alpha value is -2.05. The Balaban J connectivity index is 1.79. The smallest absolute Gasteiger partial charge is 0.293 e. The molecule has 0 saturated carbocycles. The van der Waals surface area contributed by atoms with Crippen molar-refractivity contribution < 1.29 is 0 Å². The highest BCUT2D eigenvalue weighted by molar-refractivity contribution is 6.33. The van der Waals surface area contributed by atoms with E-state index in [9.17, 15) is 4.79 Å². The molecule has 0 aliphatic carbocycles. The van der Waals surface area contributed by atoms with Crippen molar-refractivity contribution in [3.05, 3.63) is 46.0 Å². The number of anilines is 3. The SMILES string of the molecule is CCn1ccnc(Nc2ccc(N3CCN(C)CC3)c(Cl)c2)c1=O. The number of aromatic nitrogens is 2. The fourth-order valence-electron chi connectivity index (χ4n) is 2.81. The van der Waals surface area contributed by atoms with Gasteiger partial charge in [0.15, 0.2) is 5.82 Å². The van der Waals surface area contributed by atoms with Gasteiger partial charge in [0, 0.05) is 50.8 Å². The normalized spacial score (nSPS) is 15.5. The van der Waals surface area contributed by atoms with E-state index in [-0.39, 0.29) is 5.56 Å². The number of nitrogens with one attached hydrogen (secondary N) is 1. The molecule has 2 aromatic rings. The van der Waals surface area contributed by atoms with Crippen molar-refractivity contribution in [1.29, 1.82) is 0 Å². The molecular formula is C17H22ClN5O. The Morgan fingerprint density at radius 1 is 1.25 bits per heavy atom. The van der Waals surface area contributed by atoms with Crippen molar-refractivity contribution in [2.75, 3.05) is 43.4 Å². The van der Waals surface area contributed by atoms with Gasteiger partial charge in [0.05, 0.1) is 10.7 Å². The molecule has 6 nitrogen and oxygen atoms in total. The zero-order chi connectivity index (χ0) is 17.1. The van der Waals surface area contributed by atoms with Gasteiger partial charge in [0.1, 0.15) is 0 Å². The predicted octanol–water partition coefficient (Wildman–Crippen LogP) is 2.41. The lowest BCUT2D eigenvalue weighted by molar-refractivity contribution is 0.313. The summed E-state index contributed by atoms with van der Waals surface area (Å²) in [5.74, 6) is 0.308. The number of rotatable bonds is 4. The molecular weight excluding hydrogens is 326 g/mol. The summed E-state index contributed by atoms with van der Waals surface area (Å²) in [5.41, 5.74) is 1.65. The molecule has 24 heavy (non-hydrogen) atoms. The van der Waals surface area contributed by atoms with E-state index in [0.29, 0.717) is 17.4 Å². The number of benzene rings is 1. The molecule has 0 bridgehead atoms. The average Bonchev–Trinajstić information content (AvgIpc) is 2.58. The molecule has 1 aliphatic heterocycles. The zero-order valence-corrected chi connectivity index (χ0v) is 14.8. The van der Waals surface area contributed by atoms with Gasteiger partial charge in [0.2, 0.25) is 0 Å². The molecule has 7 heteroatoms. The Morgan fingerprint density at radius 2 is 2.00 bits per heavy atom. The van der Waals surface area contributed by atoms with E-state index in [0.717, 1.165) is 37.6 Å². The van der Waals surface area contributed by atoms with Crippen molar-refractivity contribution in [3.8, 4) is 0 Å². The van der Waals surface area contributed by atoms with Crippen LogP contribution in [0.1, 0.15) is 6.92 Å². The molecule has 0 atom stereocenters. The second-order valence-electron chi connectivity index (χ2n) is 5.95. The quantitative estimate of drug-likeness (QED) is 0.920.